The Bertz CT molecular complexity index is 343. The summed E-state index contributed by atoms with van der Waals surface area (Å²) >= 11 is 0. The second-order valence-electron chi connectivity index (χ2n) is 8.84. The van der Waals surface area contributed by atoms with Crippen molar-refractivity contribution >= 4 is 8.32 Å². The first-order valence-electron chi connectivity index (χ1n) is 9.18. The Hall–Kier alpha value is 0.0969. The van der Waals surface area contributed by atoms with Gasteiger partial charge in [-0.3, -0.25) is 0 Å². The normalized spacial score (nSPS) is 32.2. The number of hydrogen-bond donors (Lipinski definition) is 1. The van der Waals surface area contributed by atoms with E-state index in [1.54, 1.807) is 0 Å². The molecule has 130 valence electrons. The Morgan fingerprint density at radius 1 is 1.09 bits per heavy atom. The minimum absolute atomic E-state index is 0.123. The van der Waals surface area contributed by atoms with E-state index in [4.69, 9.17) is 9.16 Å². The standard InChI is InChI=1S/C18H36O3Si/c1-18(2,3)22(4,5)20-13-17-15(19)12-16(21-17)14-10-8-6-7-9-11-14/h14-17,19H,6-13H2,1-5H3/t15?,16-,17-/m1/s1. The molecular formula is C18H36O3Si. The summed E-state index contributed by atoms with van der Waals surface area (Å²) in [6.07, 6.45) is 8.50. The predicted octanol–water partition coefficient (Wildman–Crippen LogP) is 4.50. The topological polar surface area (TPSA) is 38.7 Å². The molecule has 1 aliphatic heterocycles. The number of aliphatic hydroxyl groups excluding tert-OH is 1. The van der Waals surface area contributed by atoms with Crippen molar-refractivity contribution in [2.75, 3.05) is 6.61 Å². The maximum atomic E-state index is 10.4. The molecule has 2 aliphatic rings. The number of ether oxygens (including phenoxy) is 1. The lowest BCUT2D eigenvalue weighted by atomic mass is 9.92. The highest BCUT2D eigenvalue weighted by Crippen LogP contribution is 2.38. The average Bonchev–Trinajstić information content (AvgIpc) is 2.64. The van der Waals surface area contributed by atoms with Gasteiger partial charge in [0.15, 0.2) is 8.32 Å². The van der Waals surface area contributed by atoms with E-state index in [0.29, 0.717) is 12.5 Å². The third kappa shape index (κ3) is 4.56. The Morgan fingerprint density at radius 2 is 1.68 bits per heavy atom. The zero-order valence-corrected chi connectivity index (χ0v) is 16.2. The van der Waals surface area contributed by atoms with Crippen molar-refractivity contribution in [3.05, 3.63) is 0 Å². The van der Waals surface area contributed by atoms with E-state index in [-0.39, 0.29) is 23.4 Å². The molecule has 0 aromatic carbocycles. The van der Waals surface area contributed by atoms with Gasteiger partial charge >= 0.3 is 0 Å². The Morgan fingerprint density at radius 3 is 2.23 bits per heavy atom. The summed E-state index contributed by atoms with van der Waals surface area (Å²) < 4.78 is 12.5. The van der Waals surface area contributed by atoms with E-state index in [1.807, 2.05) is 0 Å². The highest BCUT2D eigenvalue weighted by molar-refractivity contribution is 6.74. The maximum Gasteiger partial charge on any atom is 0.192 e. The Balaban J connectivity index is 1.86. The third-order valence-corrected chi connectivity index (χ3v) is 10.6. The van der Waals surface area contributed by atoms with Gasteiger partial charge in [0, 0.05) is 6.42 Å². The van der Waals surface area contributed by atoms with Gasteiger partial charge in [-0.25, -0.2) is 0 Å². The van der Waals surface area contributed by atoms with Crippen molar-refractivity contribution in [1.82, 2.24) is 0 Å². The van der Waals surface area contributed by atoms with Gasteiger partial charge in [-0.1, -0.05) is 46.5 Å². The minimum Gasteiger partial charge on any atom is -0.414 e. The molecule has 3 nitrogen and oxygen atoms in total. The van der Waals surface area contributed by atoms with Crippen molar-refractivity contribution in [3.8, 4) is 0 Å². The number of hydrogen-bond acceptors (Lipinski definition) is 3. The van der Waals surface area contributed by atoms with Crippen LogP contribution in [0.3, 0.4) is 0 Å². The molecule has 0 amide bonds. The van der Waals surface area contributed by atoms with Crippen molar-refractivity contribution in [3.63, 3.8) is 0 Å². The predicted molar refractivity (Wildman–Crippen MR) is 93.6 cm³/mol. The zero-order valence-electron chi connectivity index (χ0n) is 15.2. The lowest BCUT2D eigenvalue weighted by Crippen LogP contribution is -2.44. The van der Waals surface area contributed by atoms with E-state index in [2.05, 4.69) is 33.9 Å². The quantitative estimate of drug-likeness (QED) is 0.610. The summed E-state index contributed by atoms with van der Waals surface area (Å²) in [6.45, 7) is 11.8. The molecule has 0 aromatic heterocycles. The molecule has 2 fully saturated rings. The Kier molecular flexibility index (Phi) is 6.14. The molecule has 0 aromatic rings. The lowest BCUT2D eigenvalue weighted by Gasteiger charge is -2.37. The second kappa shape index (κ2) is 7.33. The van der Waals surface area contributed by atoms with E-state index >= 15 is 0 Å². The molecule has 1 saturated heterocycles. The third-order valence-electron chi connectivity index (χ3n) is 6.09. The molecule has 0 radical (unpaired) electrons. The van der Waals surface area contributed by atoms with Crippen LogP contribution in [0.2, 0.25) is 18.1 Å². The van der Waals surface area contributed by atoms with Crippen molar-refractivity contribution in [2.45, 2.75) is 102 Å². The van der Waals surface area contributed by atoms with Crippen LogP contribution in [0.25, 0.3) is 0 Å². The van der Waals surface area contributed by atoms with Crippen LogP contribution in [-0.2, 0) is 9.16 Å². The highest BCUT2D eigenvalue weighted by atomic mass is 28.4. The molecule has 22 heavy (non-hydrogen) atoms. The summed E-state index contributed by atoms with van der Waals surface area (Å²) in [4.78, 5) is 0. The monoisotopic (exact) mass is 328 g/mol. The maximum absolute atomic E-state index is 10.4. The first kappa shape index (κ1) is 18.4. The van der Waals surface area contributed by atoms with Crippen LogP contribution in [-0.4, -0.2) is 38.3 Å². The summed E-state index contributed by atoms with van der Waals surface area (Å²) in [7, 11) is -1.76. The van der Waals surface area contributed by atoms with Gasteiger partial charge in [0.05, 0.1) is 18.8 Å². The fourth-order valence-corrected chi connectivity index (χ4v) is 4.42. The van der Waals surface area contributed by atoms with Crippen molar-refractivity contribution in [2.24, 2.45) is 5.92 Å². The molecule has 2 rings (SSSR count). The first-order chi connectivity index (χ1) is 10.2. The highest BCUT2D eigenvalue weighted by Gasteiger charge is 2.42. The van der Waals surface area contributed by atoms with Gasteiger partial charge in [0.2, 0.25) is 0 Å². The molecule has 0 spiro atoms. The van der Waals surface area contributed by atoms with E-state index < -0.39 is 8.32 Å². The van der Waals surface area contributed by atoms with Crippen LogP contribution in [0.15, 0.2) is 0 Å². The van der Waals surface area contributed by atoms with Gasteiger partial charge < -0.3 is 14.3 Å². The van der Waals surface area contributed by atoms with Crippen LogP contribution < -0.4 is 0 Å². The largest absolute Gasteiger partial charge is 0.414 e. The van der Waals surface area contributed by atoms with Crippen LogP contribution in [0.4, 0.5) is 0 Å². The zero-order chi connectivity index (χ0) is 16.4. The lowest BCUT2D eigenvalue weighted by molar-refractivity contribution is -0.0373. The summed E-state index contributed by atoms with van der Waals surface area (Å²) in [5.74, 6) is 0.648. The molecule has 1 N–H and O–H groups in total. The van der Waals surface area contributed by atoms with E-state index in [0.717, 1.165) is 6.42 Å². The Labute approximate surface area is 137 Å². The SMILES string of the molecule is CC(C)(C)[Si](C)(C)OC[C@H]1O[C@@H](C2CCCCCC2)CC1O. The molecule has 3 atom stereocenters. The average molecular weight is 329 g/mol. The minimum atomic E-state index is -1.76. The second-order valence-corrected chi connectivity index (χ2v) is 13.6. The van der Waals surface area contributed by atoms with E-state index in [1.165, 1.54) is 38.5 Å². The van der Waals surface area contributed by atoms with Crippen molar-refractivity contribution < 1.29 is 14.3 Å². The molecule has 4 heteroatoms. The molecule has 1 unspecified atom stereocenters. The van der Waals surface area contributed by atoms with Crippen molar-refractivity contribution in [1.29, 1.82) is 0 Å². The van der Waals surface area contributed by atoms with Gasteiger partial charge in [0.1, 0.15) is 6.10 Å². The van der Waals surface area contributed by atoms with Gasteiger partial charge in [-0.2, -0.15) is 0 Å². The van der Waals surface area contributed by atoms with Crippen LogP contribution in [0, 0.1) is 5.92 Å². The summed E-state index contributed by atoms with van der Waals surface area (Å²) in [5, 5.41) is 10.6. The van der Waals surface area contributed by atoms with E-state index in [9.17, 15) is 5.11 Å². The van der Waals surface area contributed by atoms with Crippen LogP contribution in [0.1, 0.15) is 65.7 Å². The number of rotatable bonds is 4. The van der Waals surface area contributed by atoms with Gasteiger partial charge in [-0.05, 0) is 36.9 Å². The molecule has 1 saturated carbocycles. The molecule has 1 aliphatic carbocycles. The summed E-state index contributed by atoms with van der Waals surface area (Å²) in [6, 6.07) is 0. The number of aliphatic hydroxyl groups is 1. The molecule has 1 heterocycles. The van der Waals surface area contributed by atoms with Gasteiger partial charge in [-0.15, -0.1) is 0 Å². The fraction of sp³-hybridized carbons (Fsp3) is 1.00. The fourth-order valence-electron chi connectivity index (χ4n) is 3.40. The summed E-state index contributed by atoms with van der Waals surface area (Å²) in [5.41, 5.74) is 0. The smallest absolute Gasteiger partial charge is 0.192 e. The molecule has 0 bridgehead atoms. The van der Waals surface area contributed by atoms with Crippen LogP contribution >= 0.6 is 0 Å². The van der Waals surface area contributed by atoms with Crippen LogP contribution in [0.5, 0.6) is 0 Å². The first-order valence-corrected chi connectivity index (χ1v) is 12.1. The van der Waals surface area contributed by atoms with Gasteiger partial charge in [0.25, 0.3) is 0 Å². The molecular weight excluding hydrogens is 292 g/mol.